The molecule has 0 aliphatic carbocycles. The van der Waals surface area contributed by atoms with Gasteiger partial charge in [-0.15, -0.1) is 0 Å². The molecule has 0 unspecified atom stereocenters. The van der Waals surface area contributed by atoms with Crippen molar-refractivity contribution in [3.63, 3.8) is 0 Å². The van der Waals surface area contributed by atoms with Gasteiger partial charge in [0.25, 0.3) is 11.6 Å². The Labute approximate surface area is 106 Å². The minimum Gasteiger partial charge on any atom is -0.339 e. The molecule has 17 heavy (non-hydrogen) atoms. The van der Waals surface area contributed by atoms with E-state index in [1.165, 1.54) is 0 Å². The van der Waals surface area contributed by atoms with Gasteiger partial charge in [0.05, 0.1) is 26.6 Å². The summed E-state index contributed by atoms with van der Waals surface area (Å²) in [4.78, 5) is 21.4. The first-order valence-corrected chi connectivity index (χ1v) is 5.01. The standard InChI is InChI=1S/C9H5Cl2N3O3/c10-7-4-5(14(16)17)3-6(8(7)11)9(15)13-2-1-12/h3-4H,2H2,(H,13,15). The molecule has 6 nitrogen and oxygen atoms in total. The minimum atomic E-state index is -0.692. The number of rotatable bonds is 3. The Balaban J connectivity index is 3.19. The van der Waals surface area contributed by atoms with E-state index >= 15 is 0 Å². The van der Waals surface area contributed by atoms with Gasteiger partial charge in [0, 0.05) is 12.1 Å². The first kappa shape index (κ1) is 13.2. The molecule has 0 fully saturated rings. The normalized spacial score (nSPS) is 9.47. The topological polar surface area (TPSA) is 96.0 Å². The van der Waals surface area contributed by atoms with Crippen LogP contribution in [0.25, 0.3) is 0 Å². The molecule has 0 aromatic heterocycles. The fourth-order valence-electron chi connectivity index (χ4n) is 1.06. The van der Waals surface area contributed by atoms with Crippen LogP contribution in [0.4, 0.5) is 5.69 Å². The summed E-state index contributed by atoms with van der Waals surface area (Å²) in [6.45, 7) is -0.227. The van der Waals surface area contributed by atoms with Gasteiger partial charge in [-0.2, -0.15) is 5.26 Å². The van der Waals surface area contributed by atoms with E-state index in [-0.39, 0.29) is 27.8 Å². The molecule has 1 aromatic rings. The van der Waals surface area contributed by atoms with Gasteiger partial charge in [0.2, 0.25) is 0 Å². The molecular weight excluding hydrogens is 269 g/mol. The fraction of sp³-hybridized carbons (Fsp3) is 0.111. The molecule has 0 spiro atoms. The summed E-state index contributed by atoms with van der Waals surface area (Å²) in [6, 6.07) is 3.75. The third-order valence-corrected chi connectivity index (χ3v) is 2.60. The monoisotopic (exact) mass is 273 g/mol. The molecule has 88 valence electrons. The number of carbonyl (C=O) groups excluding carboxylic acids is 1. The molecule has 8 heteroatoms. The Hall–Kier alpha value is -1.84. The predicted octanol–water partition coefficient (Wildman–Crippen LogP) is 2.15. The quantitative estimate of drug-likeness (QED) is 0.518. The SMILES string of the molecule is N#CCNC(=O)c1cc([N+](=O)[O-])cc(Cl)c1Cl. The van der Waals surface area contributed by atoms with Gasteiger partial charge in [-0.3, -0.25) is 14.9 Å². The molecule has 1 rings (SSSR count). The highest BCUT2D eigenvalue weighted by molar-refractivity contribution is 6.44. The van der Waals surface area contributed by atoms with Crippen molar-refractivity contribution >= 4 is 34.8 Å². The molecule has 0 heterocycles. The van der Waals surface area contributed by atoms with Crippen molar-refractivity contribution in [3.8, 4) is 6.07 Å². The van der Waals surface area contributed by atoms with Crippen molar-refractivity contribution in [2.45, 2.75) is 0 Å². The van der Waals surface area contributed by atoms with E-state index in [2.05, 4.69) is 5.32 Å². The molecule has 0 aliphatic rings. The second kappa shape index (κ2) is 5.48. The maximum absolute atomic E-state index is 11.5. The van der Waals surface area contributed by atoms with Crippen LogP contribution in [0.1, 0.15) is 10.4 Å². The van der Waals surface area contributed by atoms with Crippen LogP contribution >= 0.6 is 23.2 Å². The summed E-state index contributed by atoms with van der Waals surface area (Å²) in [5.41, 5.74) is -0.484. The maximum atomic E-state index is 11.5. The molecule has 1 amide bonds. The number of hydrogen-bond donors (Lipinski definition) is 1. The number of amides is 1. The number of nitriles is 1. The average Bonchev–Trinajstić information content (AvgIpc) is 2.29. The second-order valence-corrected chi connectivity index (χ2v) is 3.67. The van der Waals surface area contributed by atoms with E-state index < -0.39 is 10.8 Å². The Morgan fingerprint density at radius 1 is 1.53 bits per heavy atom. The highest BCUT2D eigenvalue weighted by Gasteiger charge is 2.18. The smallest absolute Gasteiger partial charge is 0.271 e. The Morgan fingerprint density at radius 2 is 2.18 bits per heavy atom. The van der Waals surface area contributed by atoms with Crippen LogP contribution in [0.2, 0.25) is 10.0 Å². The number of nitrogens with zero attached hydrogens (tertiary/aromatic N) is 2. The number of nitro benzene ring substituents is 1. The largest absolute Gasteiger partial charge is 0.339 e. The lowest BCUT2D eigenvalue weighted by atomic mass is 10.2. The van der Waals surface area contributed by atoms with Gasteiger partial charge >= 0.3 is 0 Å². The van der Waals surface area contributed by atoms with Crippen molar-refractivity contribution < 1.29 is 9.72 Å². The average molecular weight is 274 g/mol. The zero-order valence-corrected chi connectivity index (χ0v) is 9.75. The molecule has 1 N–H and O–H groups in total. The van der Waals surface area contributed by atoms with Crippen LogP contribution in [0.3, 0.4) is 0 Å². The van der Waals surface area contributed by atoms with Gasteiger partial charge in [-0.1, -0.05) is 23.2 Å². The summed E-state index contributed by atoms with van der Waals surface area (Å²) < 4.78 is 0. The highest BCUT2D eigenvalue weighted by Crippen LogP contribution is 2.30. The second-order valence-electron chi connectivity index (χ2n) is 2.89. The first-order valence-electron chi connectivity index (χ1n) is 4.26. The summed E-state index contributed by atoms with van der Waals surface area (Å²) in [6.07, 6.45) is 0. The zero-order valence-electron chi connectivity index (χ0n) is 8.24. The highest BCUT2D eigenvalue weighted by atomic mass is 35.5. The lowest BCUT2D eigenvalue weighted by Crippen LogP contribution is -2.24. The molecule has 0 bridgehead atoms. The van der Waals surface area contributed by atoms with Crippen LogP contribution in [0.15, 0.2) is 12.1 Å². The molecule has 0 saturated carbocycles. The van der Waals surface area contributed by atoms with Crippen LogP contribution in [-0.2, 0) is 0 Å². The van der Waals surface area contributed by atoms with Gasteiger partial charge in [-0.05, 0) is 0 Å². The van der Waals surface area contributed by atoms with Crippen molar-refractivity contribution in [1.29, 1.82) is 5.26 Å². The fourth-order valence-corrected chi connectivity index (χ4v) is 1.47. The predicted molar refractivity (Wildman–Crippen MR) is 61.1 cm³/mol. The molecular formula is C9H5Cl2N3O3. The lowest BCUT2D eigenvalue weighted by Gasteiger charge is -2.05. The van der Waals surface area contributed by atoms with Gasteiger partial charge in [-0.25, -0.2) is 0 Å². The van der Waals surface area contributed by atoms with E-state index in [9.17, 15) is 14.9 Å². The van der Waals surface area contributed by atoms with Crippen LogP contribution in [-0.4, -0.2) is 17.4 Å². The van der Waals surface area contributed by atoms with Crippen LogP contribution in [0, 0.1) is 21.4 Å². The van der Waals surface area contributed by atoms with Crippen molar-refractivity contribution in [2.75, 3.05) is 6.54 Å². The third-order valence-electron chi connectivity index (χ3n) is 1.80. The van der Waals surface area contributed by atoms with Gasteiger partial charge < -0.3 is 5.32 Å². The van der Waals surface area contributed by atoms with E-state index in [4.69, 9.17) is 28.5 Å². The molecule has 0 aliphatic heterocycles. The maximum Gasteiger partial charge on any atom is 0.271 e. The number of nitro groups is 1. The Kier molecular flexibility index (Phi) is 4.26. The number of nitrogens with one attached hydrogen (secondary N) is 1. The number of hydrogen-bond acceptors (Lipinski definition) is 4. The van der Waals surface area contributed by atoms with Gasteiger partial charge in [0.1, 0.15) is 6.54 Å². The number of benzene rings is 1. The van der Waals surface area contributed by atoms with Crippen molar-refractivity contribution in [1.82, 2.24) is 5.32 Å². The number of non-ortho nitro benzene ring substituents is 1. The molecule has 0 radical (unpaired) electrons. The summed E-state index contributed by atoms with van der Waals surface area (Å²) in [5.74, 6) is -0.692. The van der Waals surface area contributed by atoms with Crippen LogP contribution in [0.5, 0.6) is 0 Å². The first-order chi connectivity index (χ1) is 7.97. The minimum absolute atomic E-state index is 0.0901. The van der Waals surface area contributed by atoms with Crippen molar-refractivity contribution in [3.05, 3.63) is 37.9 Å². The molecule has 1 aromatic carbocycles. The van der Waals surface area contributed by atoms with E-state index in [0.29, 0.717) is 0 Å². The Bertz CT molecular complexity index is 525. The van der Waals surface area contributed by atoms with E-state index in [1.54, 1.807) is 6.07 Å². The summed E-state index contributed by atoms with van der Waals surface area (Å²) >= 11 is 11.4. The summed E-state index contributed by atoms with van der Waals surface area (Å²) in [5, 5.41) is 20.9. The van der Waals surface area contributed by atoms with Crippen molar-refractivity contribution in [2.24, 2.45) is 0 Å². The summed E-state index contributed by atoms with van der Waals surface area (Å²) in [7, 11) is 0. The number of halogens is 2. The lowest BCUT2D eigenvalue weighted by molar-refractivity contribution is -0.384. The molecule has 0 atom stereocenters. The van der Waals surface area contributed by atoms with E-state index in [1.807, 2.05) is 0 Å². The zero-order chi connectivity index (χ0) is 13.0. The van der Waals surface area contributed by atoms with E-state index in [0.717, 1.165) is 12.1 Å². The number of carbonyl (C=O) groups is 1. The Morgan fingerprint density at radius 3 is 2.71 bits per heavy atom. The van der Waals surface area contributed by atoms with Crippen LogP contribution < -0.4 is 5.32 Å². The van der Waals surface area contributed by atoms with Gasteiger partial charge in [0.15, 0.2) is 0 Å². The third kappa shape index (κ3) is 3.06. The molecule has 0 saturated heterocycles.